The zero-order valence-electron chi connectivity index (χ0n) is 11.2. The number of aromatic nitrogens is 1. The zero-order valence-corrected chi connectivity index (χ0v) is 13.6. The predicted molar refractivity (Wildman–Crippen MR) is 88.2 cm³/mol. The van der Waals surface area contributed by atoms with Gasteiger partial charge in [-0.3, -0.25) is 4.79 Å². The van der Waals surface area contributed by atoms with Gasteiger partial charge in [0, 0.05) is 17.5 Å². The molecule has 0 aliphatic rings. The van der Waals surface area contributed by atoms with Crippen molar-refractivity contribution in [3.05, 3.63) is 39.3 Å². The van der Waals surface area contributed by atoms with Crippen molar-refractivity contribution in [3.8, 4) is 10.6 Å². The first kappa shape index (κ1) is 16.2. The van der Waals surface area contributed by atoms with Gasteiger partial charge >= 0.3 is 0 Å². The molecule has 0 aliphatic heterocycles. The number of nitrogens with one attached hydrogen (secondary N) is 1. The quantitative estimate of drug-likeness (QED) is 0.787. The fourth-order valence-electron chi connectivity index (χ4n) is 1.70. The van der Waals surface area contributed by atoms with E-state index in [0.717, 1.165) is 23.4 Å². The third-order valence-corrected chi connectivity index (χ3v) is 4.45. The van der Waals surface area contributed by atoms with E-state index in [2.05, 4.69) is 10.3 Å². The molecule has 2 rings (SSSR count). The molecular formula is C14H15Cl2N3OS. The summed E-state index contributed by atoms with van der Waals surface area (Å²) in [4.78, 5) is 16.3. The van der Waals surface area contributed by atoms with Gasteiger partial charge < -0.3 is 11.1 Å². The molecule has 21 heavy (non-hydrogen) atoms. The maximum absolute atomic E-state index is 11.9. The van der Waals surface area contributed by atoms with Gasteiger partial charge in [0.15, 0.2) is 0 Å². The second-order valence-corrected chi connectivity index (χ2v) is 6.09. The van der Waals surface area contributed by atoms with E-state index in [0.29, 0.717) is 28.8 Å². The minimum absolute atomic E-state index is 0.172. The summed E-state index contributed by atoms with van der Waals surface area (Å²) in [6, 6.07) is 5.29. The molecule has 3 N–H and O–H groups in total. The zero-order chi connectivity index (χ0) is 15.2. The van der Waals surface area contributed by atoms with Gasteiger partial charge in [0.2, 0.25) is 0 Å². The molecule has 112 valence electrons. The van der Waals surface area contributed by atoms with E-state index in [-0.39, 0.29) is 5.91 Å². The van der Waals surface area contributed by atoms with Gasteiger partial charge in [0.25, 0.3) is 5.91 Å². The number of halogens is 2. The molecular weight excluding hydrogens is 329 g/mol. The summed E-state index contributed by atoms with van der Waals surface area (Å²) in [7, 11) is 0. The molecule has 0 spiro atoms. The van der Waals surface area contributed by atoms with Crippen LogP contribution in [0.5, 0.6) is 0 Å². The lowest BCUT2D eigenvalue weighted by atomic mass is 10.2. The van der Waals surface area contributed by atoms with Gasteiger partial charge in [-0.05, 0) is 31.5 Å². The van der Waals surface area contributed by atoms with Gasteiger partial charge in [-0.2, -0.15) is 0 Å². The van der Waals surface area contributed by atoms with Gasteiger partial charge in [-0.15, -0.1) is 11.3 Å². The normalized spacial score (nSPS) is 10.6. The molecule has 1 heterocycles. The maximum atomic E-state index is 11.9. The Labute approximate surface area is 137 Å². The average Bonchev–Trinajstić information content (AvgIpc) is 2.96. The molecule has 4 nitrogen and oxygen atoms in total. The smallest absolute Gasteiger partial charge is 0.270 e. The molecule has 1 aromatic heterocycles. The van der Waals surface area contributed by atoms with Crippen molar-refractivity contribution < 1.29 is 4.79 Å². The van der Waals surface area contributed by atoms with Crippen LogP contribution in [0.25, 0.3) is 10.6 Å². The summed E-state index contributed by atoms with van der Waals surface area (Å²) >= 11 is 13.3. The molecule has 0 unspecified atom stereocenters. The van der Waals surface area contributed by atoms with Gasteiger partial charge in [-0.1, -0.05) is 29.3 Å². The van der Waals surface area contributed by atoms with Crippen LogP contribution >= 0.6 is 34.5 Å². The number of rotatable bonds is 6. The summed E-state index contributed by atoms with van der Waals surface area (Å²) in [5.41, 5.74) is 6.66. The lowest BCUT2D eigenvalue weighted by Gasteiger charge is -2.02. The highest BCUT2D eigenvalue weighted by Gasteiger charge is 2.12. The first-order valence-corrected chi connectivity index (χ1v) is 8.14. The van der Waals surface area contributed by atoms with Gasteiger partial charge in [-0.25, -0.2) is 4.98 Å². The van der Waals surface area contributed by atoms with Crippen molar-refractivity contribution in [1.82, 2.24) is 10.3 Å². The number of unbranched alkanes of at least 4 members (excludes halogenated alkanes) is 1. The lowest BCUT2D eigenvalue weighted by molar-refractivity contribution is 0.0949. The van der Waals surface area contributed by atoms with Crippen LogP contribution in [0.1, 0.15) is 23.3 Å². The number of thiazole rings is 1. The van der Waals surface area contributed by atoms with Crippen LogP contribution in [-0.4, -0.2) is 24.0 Å². The first-order valence-electron chi connectivity index (χ1n) is 6.51. The van der Waals surface area contributed by atoms with Crippen molar-refractivity contribution >= 4 is 40.4 Å². The Balaban J connectivity index is 2.03. The fourth-order valence-corrected chi connectivity index (χ4v) is 2.80. The predicted octanol–water partition coefficient (Wildman–Crippen LogP) is 3.59. The SMILES string of the molecule is NCCCCNC(=O)c1csc(-c2ccc(Cl)c(Cl)c2)n1. The van der Waals surface area contributed by atoms with Crippen molar-refractivity contribution in [2.45, 2.75) is 12.8 Å². The molecule has 0 fully saturated rings. The number of carbonyl (C=O) groups is 1. The molecule has 0 bridgehead atoms. The Morgan fingerprint density at radius 2 is 2.10 bits per heavy atom. The molecule has 0 radical (unpaired) electrons. The van der Waals surface area contributed by atoms with Crippen LogP contribution in [-0.2, 0) is 0 Å². The second kappa shape index (κ2) is 7.75. The summed E-state index contributed by atoms with van der Waals surface area (Å²) in [6.07, 6.45) is 1.76. The van der Waals surface area contributed by atoms with Crippen LogP contribution in [0, 0.1) is 0 Å². The molecule has 0 saturated heterocycles. The third kappa shape index (κ3) is 4.41. The number of hydrogen-bond donors (Lipinski definition) is 2. The lowest BCUT2D eigenvalue weighted by Crippen LogP contribution is -2.25. The number of hydrogen-bond acceptors (Lipinski definition) is 4. The van der Waals surface area contributed by atoms with Crippen molar-refractivity contribution in [2.75, 3.05) is 13.1 Å². The minimum atomic E-state index is -0.172. The molecule has 0 atom stereocenters. The van der Waals surface area contributed by atoms with Crippen molar-refractivity contribution in [3.63, 3.8) is 0 Å². The van der Waals surface area contributed by atoms with Crippen LogP contribution in [0.15, 0.2) is 23.6 Å². The second-order valence-electron chi connectivity index (χ2n) is 4.42. The topological polar surface area (TPSA) is 68.0 Å². The van der Waals surface area contributed by atoms with Crippen LogP contribution in [0.4, 0.5) is 0 Å². The summed E-state index contributed by atoms with van der Waals surface area (Å²) < 4.78 is 0. The maximum Gasteiger partial charge on any atom is 0.270 e. The van der Waals surface area contributed by atoms with Crippen LogP contribution in [0.2, 0.25) is 10.0 Å². The number of nitrogens with two attached hydrogens (primary N) is 1. The van der Waals surface area contributed by atoms with Gasteiger partial charge in [0.05, 0.1) is 10.0 Å². The summed E-state index contributed by atoms with van der Waals surface area (Å²) in [6.45, 7) is 1.24. The molecule has 7 heteroatoms. The third-order valence-electron chi connectivity index (χ3n) is 2.82. The molecule has 1 aromatic carbocycles. The highest BCUT2D eigenvalue weighted by molar-refractivity contribution is 7.13. The standard InChI is InChI=1S/C14H15Cl2N3OS/c15-10-4-3-9(7-11(10)16)14-19-12(8-21-14)13(20)18-6-2-1-5-17/h3-4,7-8H,1-2,5-6,17H2,(H,18,20). The van der Waals surface area contributed by atoms with Crippen LogP contribution < -0.4 is 11.1 Å². The summed E-state index contributed by atoms with van der Waals surface area (Å²) in [5.74, 6) is -0.172. The highest BCUT2D eigenvalue weighted by atomic mass is 35.5. The Hall–Kier alpha value is -1.14. The van der Waals surface area contributed by atoms with E-state index in [9.17, 15) is 4.79 Å². The van der Waals surface area contributed by atoms with E-state index >= 15 is 0 Å². The fraction of sp³-hybridized carbons (Fsp3) is 0.286. The first-order chi connectivity index (χ1) is 10.1. The van der Waals surface area contributed by atoms with E-state index < -0.39 is 0 Å². The van der Waals surface area contributed by atoms with E-state index in [1.165, 1.54) is 11.3 Å². The minimum Gasteiger partial charge on any atom is -0.351 e. The van der Waals surface area contributed by atoms with Crippen LogP contribution in [0.3, 0.4) is 0 Å². The van der Waals surface area contributed by atoms with E-state index in [1.54, 1.807) is 17.5 Å². The van der Waals surface area contributed by atoms with Crippen molar-refractivity contribution in [1.29, 1.82) is 0 Å². The Morgan fingerprint density at radius 1 is 1.29 bits per heavy atom. The monoisotopic (exact) mass is 343 g/mol. The Kier molecular flexibility index (Phi) is 5.99. The molecule has 1 amide bonds. The van der Waals surface area contributed by atoms with Crippen molar-refractivity contribution in [2.24, 2.45) is 5.73 Å². The number of nitrogens with zero attached hydrogens (tertiary/aromatic N) is 1. The number of amides is 1. The molecule has 2 aromatic rings. The number of carbonyl (C=O) groups excluding carboxylic acids is 1. The largest absolute Gasteiger partial charge is 0.351 e. The average molecular weight is 344 g/mol. The van der Waals surface area contributed by atoms with E-state index in [4.69, 9.17) is 28.9 Å². The number of benzene rings is 1. The Morgan fingerprint density at radius 3 is 2.81 bits per heavy atom. The Bertz CT molecular complexity index is 630. The highest BCUT2D eigenvalue weighted by Crippen LogP contribution is 2.30. The van der Waals surface area contributed by atoms with Gasteiger partial charge in [0.1, 0.15) is 10.7 Å². The molecule has 0 saturated carbocycles. The van der Waals surface area contributed by atoms with E-state index in [1.807, 2.05) is 6.07 Å². The summed E-state index contributed by atoms with van der Waals surface area (Å²) in [5, 5.41) is 6.26. The molecule has 0 aliphatic carbocycles.